The van der Waals surface area contributed by atoms with Crippen LogP contribution in [0.15, 0.2) is 24.3 Å². The van der Waals surface area contributed by atoms with Crippen LogP contribution in [0.2, 0.25) is 0 Å². The van der Waals surface area contributed by atoms with Crippen molar-refractivity contribution in [3.8, 4) is 5.75 Å². The molecule has 0 fully saturated rings. The molecule has 0 aliphatic rings. The highest BCUT2D eigenvalue weighted by Crippen LogP contribution is 2.20. The van der Waals surface area contributed by atoms with Gasteiger partial charge in [0.25, 0.3) is 0 Å². The van der Waals surface area contributed by atoms with E-state index in [4.69, 9.17) is 4.74 Å². The molecule has 1 rings (SSSR count). The second-order valence-electron chi connectivity index (χ2n) is 4.59. The molecule has 0 aliphatic carbocycles. The highest BCUT2D eigenvalue weighted by atomic mass is 16.5. The Hall–Kier alpha value is -1.18. The van der Waals surface area contributed by atoms with Crippen LogP contribution in [-0.2, 0) is 0 Å². The van der Waals surface area contributed by atoms with Gasteiger partial charge in [-0.25, -0.2) is 0 Å². The topological polar surface area (TPSA) is 23.3 Å². The van der Waals surface area contributed by atoms with Crippen molar-refractivity contribution in [3.63, 3.8) is 0 Å². The molecular formula is C13H20NO. The van der Waals surface area contributed by atoms with Gasteiger partial charge in [-0.15, -0.1) is 0 Å². The smallest absolute Gasteiger partial charge is 0.120 e. The van der Waals surface area contributed by atoms with Gasteiger partial charge in [-0.3, -0.25) is 5.32 Å². The number of nitrogens with zero attached hydrogens (tertiary/aromatic N) is 1. The van der Waals surface area contributed by atoms with Gasteiger partial charge in [-0.05, 0) is 51.5 Å². The summed E-state index contributed by atoms with van der Waals surface area (Å²) < 4.78 is 5.72. The normalized spacial score (nSPS) is 11.2. The Labute approximate surface area is 92.6 Å². The molecule has 0 saturated heterocycles. The van der Waals surface area contributed by atoms with Gasteiger partial charge >= 0.3 is 0 Å². The molecule has 0 amide bonds. The van der Waals surface area contributed by atoms with Crippen molar-refractivity contribution in [2.75, 3.05) is 6.54 Å². The lowest BCUT2D eigenvalue weighted by Crippen LogP contribution is -2.22. The fraction of sp³-hybridized carbons (Fsp3) is 0.538. The standard InChI is InChI=1S/C13H20NO/c1-5-10-14-11-6-8-12(9-7-11)15-13(2,3)4/h6-9H,5,10H2,1-4H3. The lowest BCUT2D eigenvalue weighted by molar-refractivity contribution is 0.131. The van der Waals surface area contributed by atoms with E-state index in [1.54, 1.807) is 0 Å². The average molecular weight is 206 g/mol. The summed E-state index contributed by atoms with van der Waals surface area (Å²) in [4.78, 5) is 0. The molecule has 2 heteroatoms. The molecule has 1 radical (unpaired) electrons. The van der Waals surface area contributed by atoms with Gasteiger partial charge in [-0.2, -0.15) is 0 Å². The first kappa shape index (κ1) is 11.9. The predicted octanol–water partition coefficient (Wildman–Crippen LogP) is 3.51. The van der Waals surface area contributed by atoms with Crippen molar-refractivity contribution >= 4 is 5.69 Å². The summed E-state index contributed by atoms with van der Waals surface area (Å²) >= 11 is 0. The lowest BCUT2D eigenvalue weighted by Gasteiger charge is -2.21. The van der Waals surface area contributed by atoms with Gasteiger partial charge in [-0.1, -0.05) is 6.92 Å². The van der Waals surface area contributed by atoms with Gasteiger partial charge in [0.05, 0.1) is 5.69 Å². The fourth-order valence-corrected chi connectivity index (χ4v) is 1.21. The summed E-state index contributed by atoms with van der Waals surface area (Å²) in [5.41, 5.74) is 0.889. The maximum Gasteiger partial charge on any atom is 0.120 e. The zero-order chi connectivity index (χ0) is 11.3. The van der Waals surface area contributed by atoms with Crippen molar-refractivity contribution in [2.45, 2.75) is 39.7 Å². The maximum absolute atomic E-state index is 5.72. The molecule has 0 N–H and O–H groups in total. The van der Waals surface area contributed by atoms with Crippen molar-refractivity contribution in [1.82, 2.24) is 5.32 Å². The van der Waals surface area contributed by atoms with Gasteiger partial charge in [0, 0.05) is 6.54 Å². The summed E-state index contributed by atoms with van der Waals surface area (Å²) in [6, 6.07) is 7.94. The van der Waals surface area contributed by atoms with E-state index in [9.17, 15) is 0 Å². The first-order valence-electron chi connectivity index (χ1n) is 5.48. The Balaban J connectivity index is 2.56. The number of rotatable bonds is 4. The van der Waals surface area contributed by atoms with Crippen LogP contribution in [0.1, 0.15) is 34.1 Å². The van der Waals surface area contributed by atoms with E-state index in [-0.39, 0.29) is 5.60 Å². The quantitative estimate of drug-likeness (QED) is 0.739. The first-order chi connectivity index (χ1) is 7.01. The first-order valence-corrected chi connectivity index (χ1v) is 5.48. The van der Waals surface area contributed by atoms with Gasteiger partial charge in [0.1, 0.15) is 11.4 Å². The summed E-state index contributed by atoms with van der Waals surface area (Å²) in [5.74, 6) is 0.901. The highest BCUT2D eigenvalue weighted by Gasteiger charge is 2.11. The summed E-state index contributed by atoms with van der Waals surface area (Å²) in [6.45, 7) is 9.15. The van der Waals surface area contributed by atoms with Crippen LogP contribution in [0.4, 0.5) is 5.69 Å². The Morgan fingerprint density at radius 1 is 1.13 bits per heavy atom. The molecule has 0 atom stereocenters. The van der Waals surface area contributed by atoms with Crippen molar-refractivity contribution in [2.24, 2.45) is 0 Å². The minimum Gasteiger partial charge on any atom is -0.488 e. The maximum atomic E-state index is 5.72. The summed E-state index contributed by atoms with van der Waals surface area (Å²) in [6.07, 6.45) is 1.08. The molecule has 0 heterocycles. The van der Waals surface area contributed by atoms with Crippen LogP contribution in [0.5, 0.6) is 5.75 Å². The second-order valence-corrected chi connectivity index (χ2v) is 4.59. The average Bonchev–Trinajstić information content (AvgIpc) is 2.14. The van der Waals surface area contributed by atoms with Crippen LogP contribution in [-0.4, -0.2) is 12.1 Å². The van der Waals surface area contributed by atoms with E-state index < -0.39 is 0 Å². The lowest BCUT2D eigenvalue weighted by atomic mass is 10.2. The van der Waals surface area contributed by atoms with E-state index in [0.717, 1.165) is 24.4 Å². The largest absolute Gasteiger partial charge is 0.488 e. The molecule has 15 heavy (non-hydrogen) atoms. The Morgan fingerprint density at radius 2 is 1.73 bits per heavy atom. The van der Waals surface area contributed by atoms with Crippen LogP contribution < -0.4 is 10.1 Å². The van der Waals surface area contributed by atoms with E-state index >= 15 is 0 Å². The van der Waals surface area contributed by atoms with E-state index in [1.165, 1.54) is 0 Å². The van der Waals surface area contributed by atoms with Gasteiger partial charge in [0.2, 0.25) is 0 Å². The monoisotopic (exact) mass is 206 g/mol. The number of hydrogen-bond donors (Lipinski definition) is 0. The molecular weight excluding hydrogens is 186 g/mol. The highest BCUT2D eigenvalue weighted by molar-refractivity contribution is 5.40. The Bertz CT molecular complexity index is 284. The summed E-state index contributed by atoms with van der Waals surface area (Å²) in [5, 5.41) is 4.41. The molecule has 1 aromatic rings. The van der Waals surface area contributed by atoms with Crippen LogP contribution in [0.3, 0.4) is 0 Å². The molecule has 0 spiro atoms. The molecule has 83 valence electrons. The zero-order valence-corrected chi connectivity index (χ0v) is 10.1. The van der Waals surface area contributed by atoms with Crippen molar-refractivity contribution in [3.05, 3.63) is 24.3 Å². The third-order valence-corrected chi connectivity index (χ3v) is 1.78. The Kier molecular flexibility index (Phi) is 4.01. The van der Waals surface area contributed by atoms with E-state index in [2.05, 4.69) is 12.2 Å². The molecule has 0 aromatic heterocycles. The summed E-state index contributed by atoms with van der Waals surface area (Å²) in [7, 11) is 0. The van der Waals surface area contributed by atoms with E-state index in [1.807, 2.05) is 45.0 Å². The molecule has 0 aliphatic heterocycles. The number of ether oxygens (including phenoxy) is 1. The molecule has 1 aromatic carbocycles. The fourth-order valence-electron chi connectivity index (χ4n) is 1.21. The zero-order valence-electron chi connectivity index (χ0n) is 10.1. The van der Waals surface area contributed by atoms with Crippen LogP contribution in [0, 0.1) is 0 Å². The second kappa shape index (κ2) is 5.06. The van der Waals surface area contributed by atoms with Gasteiger partial charge < -0.3 is 4.74 Å². The minimum atomic E-state index is -0.137. The van der Waals surface area contributed by atoms with Crippen LogP contribution >= 0.6 is 0 Å². The third-order valence-electron chi connectivity index (χ3n) is 1.78. The minimum absolute atomic E-state index is 0.137. The Morgan fingerprint density at radius 3 is 2.20 bits per heavy atom. The molecule has 0 unspecified atom stereocenters. The molecule has 0 saturated carbocycles. The molecule has 0 bridgehead atoms. The number of benzene rings is 1. The predicted molar refractivity (Wildman–Crippen MR) is 63.8 cm³/mol. The van der Waals surface area contributed by atoms with Crippen molar-refractivity contribution in [1.29, 1.82) is 0 Å². The SMILES string of the molecule is CCC[N]c1ccc(OC(C)(C)C)cc1. The van der Waals surface area contributed by atoms with E-state index in [0.29, 0.717) is 0 Å². The van der Waals surface area contributed by atoms with Crippen molar-refractivity contribution < 1.29 is 4.74 Å². The molecule has 2 nitrogen and oxygen atoms in total. The van der Waals surface area contributed by atoms with Gasteiger partial charge in [0.15, 0.2) is 0 Å². The van der Waals surface area contributed by atoms with Crippen LogP contribution in [0.25, 0.3) is 0 Å². The third kappa shape index (κ3) is 4.73. The number of hydrogen-bond acceptors (Lipinski definition) is 1.